The Hall–Kier alpha value is -0.530. The van der Waals surface area contributed by atoms with Gasteiger partial charge < -0.3 is 5.73 Å². The van der Waals surface area contributed by atoms with E-state index in [1.54, 1.807) is 0 Å². The molecule has 76 valence electrons. The maximum atomic E-state index is 6.20. The molecule has 0 unspecified atom stereocenters. The lowest BCUT2D eigenvalue weighted by Gasteiger charge is -2.13. The van der Waals surface area contributed by atoms with E-state index in [-0.39, 0.29) is 6.04 Å². The average molecular weight is 210 g/mol. The first-order valence-electron chi connectivity index (χ1n) is 5.29. The summed E-state index contributed by atoms with van der Waals surface area (Å²) in [6, 6.07) is 4.40. The predicted molar refractivity (Wildman–Crippen MR) is 60.7 cm³/mol. The molecule has 1 atom stereocenters. The fourth-order valence-corrected chi connectivity index (χ4v) is 2.44. The lowest BCUT2D eigenvalue weighted by Crippen LogP contribution is -2.09. The first kappa shape index (κ1) is 10.0. The second-order valence-electron chi connectivity index (χ2n) is 4.01. The molecule has 0 saturated carbocycles. The van der Waals surface area contributed by atoms with Crippen molar-refractivity contribution in [1.82, 2.24) is 0 Å². The van der Waals surface area contributed by atoms with Crippen molar-refractivity contribution in [3.8, 4) is 0 Å². The number of nitrogens with two attached hydrogens (primary N) is 1. The van der Waals surface area contributed by atoms with E-state index in [0.717, 1.165) is 17.0 Å². The molecule has 1 nitrogen and oxygen atoms in total. The van der Waals surface area contributed by atoms with Crippen molar-refractivity contribution >= 4 is 11.6 Å². The molecule has 0 bridgehead atoms. The van der Waals surface area contributed by atoms with Crippen molar-refractivity contribution in [1.29, 1.82) is 0 Å². The second-order valence-corrected chi connectivity index (χ2v) is 4.42. The third-order valence-corrected chi connectivity index (χ3v) is 3.38. The minimum Gasteiger partial charge on any atom is -0.324 e. The van der Waals surface area contributed by atoms with Gasteiger partial charge in [-0.15, -0.1) is 0 Å². The summed E-state index contributed by atoms with van der Waals surface area (Å²) >= 11 is 6.20. The van der Waals surface area contributed by atoms with Gasteiger partial charge in [0.25, 0.3) is 0 Å². The van der Waals surface area contributed by atoms with E-state index in [1.807, 2.05) is 0 Å². The zero-order chi connectivity index (χ0) is 10.1. The van der Waals surface area contributed by atoms with Crippen LogP contribution >= 0.6 is 11.6 Å². The van der Waals surface area contributed by atoms with Crippen LogP contribution in [0.3, 0.4) is 0 Å². The van der Waals surface area contributed by atoms with Crippen molar-refractivity contribution in [3.63, 3.8) is 0 Å². The first-order chi connectivity index (χ1) is 6.72. The van der Waals surface area contributed by atoms with E-state index < -0.39 is 0 Å². The van der Waals surface area contributed by atoms with Gasteiger partial charge in [-0.25, -0.2) is 0 Å². The second kappa shape index (κ2) is 3.92. The molecule has 14 heavy (non-hydrogen) atoms. The minimum atomic E-state index is 0.0911. The van der Waals surface area contributed by atoms with Gasteiger partial charge in [-0.2, -0.15) is 0 Å². The largest absolute Gasteiger partial charge is 0.324 e. The number of hydrogen-bond acceptors (Lipinski definition) is 1. The van der Waals surface area contributed by atoms with E-state index in [1.165, 1.54) is 30.4 Å². The smallest absolute Gasteiger partial charge is 0.0456 e. The monoisotopic (exact) mass is 209 g/mol. The van der Waals surface area contributed by atoms with Gasteiger partial charge in [0, 0.05) is 11.1 Å². The molecule has 2 N–H and O–H groups in total. The van der Waals surface area contributed by atoms with Crippen molar-refractivity contribution < 1.29 is 0 Å². The quantitative estimate of drug-likeness (QED) is 0.795. The third kappa shape index (κ3) is 1.67. The van der Waals surface area contributed by atoms with Crippen LogP contribution in [-0.2, 0) is 12.8 Å². The number of fused-ring (bicyclic) bond motifs is 1. The standard InChI is InChI=1S/C12H16ClN/c1-2-12(14)10-6-8-4-3-5-9(8)7-11(10)13/h6-7,12H,2-5,14H2,1H3/t12-/m1/s1. The summed E-state index contributed by atoms with van der Waals surface area (Å²) in [4.78, 5) is 0. The molecular formula is C12H16ClN. The van der Waals surface area contributed by atoms with Crippen molar-refractivity contribution in [2.75, 3.05) is 0 Å². The van der Waals surface area contributed by atoms with Gasteiger partial charge in [0.2, 0.25) is 0 Å². The highest BCUT2D eigenvalue weighted by Gasteiger charge is 2.16. The highest BCUT2D eigenvalue weighted by atomic mass is 35.5. The van der Waals surface area contributed by atoms with Gasteiger partial charge >= 0.3 is 0 Å². The molecule has 0 heterocycles. The van der Waals surface area contributed by atoms with E-state index >= 15 is 0 Å². The van der Waals surface area contributed by atoms with Gasteiger partial charge in [0.05, 0.1) is 0 Å². The SMILES string of the molecule is CC[C@@H](N)c1cc2c(cc1Cl)CCC2. The summed E-state index contributed by atoms with van der Waals surface area (Å²) in [6.07, 6.45) is 4.57. The van der Waals surface area contributed by atoms with Crippen molar-refractivity contribution in [2.45, 2.75) is 38.6 Å². The Kier molecular flexibility index (Phi) is 2.80. The topological polar surface area (TPSA) is 26.0 Å². The van der Waals surface area contributed by atoms with Crippen LogP contribution in [0.25, 0.3) is 0 Å². The molecular weight excluding hydrogens is 194 g/mol. The average Bonchev–Trinajstić information content (AvgIpc) is 2.62. The van der Waals surface area contributed by atoms with E-state index in [9.17, 15) is 0 Å². The summed E-state index contributed by atoms with van der Waals surface area (Å²) in [5.74, 6) is 0. The maximum Gasteiger partial charge on any atom is 0.0456 e. The molecule has 0 aromatic heterocycles. The van der Waals surface area contributed by atoms with Crippen LogP contribution in [0.4, 0.5) is 0 Å². The van der Waals surface area contributed by atoms with Gasteiger partial charge in [0.1, 0.15) is 0 Å². The number of aryl methyl sites for hydroxylation is 2. The highest BCUT2D eigenvalue weighted by Crippen LogP contribution is 2.31. The molecule has 0 saturated heterocycles. The molecule has 1 aliphatic rings. The van der Waals surface area contributed by atoms with Crippen LogP contribution in [0.5, 0.6) is 0 Å². The Balaban J connectivity index is 2.42. The van der Waals surface area contributed by atoms with Gasteiger partial charge in [-0.1, -0.05) is 24.6 Å². The Labute approximate surface area is 90.3 Å². The summed E-state index contributed by atoms with van der Waals surface area (Å²) in [7, 11) is 0. The summed E-state index contributed by atoms with van der Waals surface area (Å²) in [5.41, 5.74) is 10.00. The van der Waals surface area contributed by atoms with Crippen molar-refractivity contribution in [2.24, 2.45) is 5.73 Å². The fourth-order valence-electron chi connectivity index (χ4n) is 2.12. The molecule has 0 aliphatic heterocycles. The normalized spacial score (nSPS) is 16.8. The molecule has 2 heteroatoms. The maximum absolute atomic E-state index is 6.20. The lowest BCUT2D eigenvalue weighted by atomic mass is 10.00. The Morgan fingerprint density at radius 2 is 2.00 bits per heavy atom. The summed E-state index contributed by atoms with van der Waals surface area (Å²) < 4.78 is 0. The molecule has 0 amide bonds. The minimum absolute atomic E-state index is 0.0911. The fraction of sp³-hybridized carbons (Fsp3) is 0.500. The molecule has 1 aromatic carbocycles. The molecule has 1 aliphatic carbocycles. The zero-order valence-electron chi connectivity index (χ0n) is 8.52. The Morgan fingerprint density at radius 1 is 1.36 bits per heavy atom. The van der Waals surface area contributed by atoms with Crippen LogP contribution < -0.4 is 5.73 Å². The van der Waals surface area contributed by atoms with E-state index in [2.05, 4.69) is 19.1 Å². The number of hydrogen-bond donors (Lipinski definition) is 1. The Bertz CT molecular complexity index is 346. The first-order valence-corrected chi connectivity index (χ1v) is 5.67. The van der Waals surface area contributed by atoms with Crippen LogP contribution in [0, 0.1) is 0 Å². The molecule has 0 fully saturated rings. The lowest BCUT2D eigenvalue weighted by molar-refractivity contribution is 0.698. The number of benzene rings is 1. The third-order valence-electron chi connectivity index (χ3n) is 3.05. The van der Waals surface area contributed by atoms with Crippen molar-refractivity contribution in [3.05, 3.63) is 33.8 Å². The van der Waals surface area contributed by atoms with Crippen LogP contribution in [0.1, 0.15) is 42.5 Å². The van der Waals surface area contributed by atoms with E-state index in [0.29, 0.717) is 0 Å². The van der Waals surface area contributed by atoms with Gasteiger partial charge in [-0.05, 0) is 48.4 Å². The van der Waals surface area contributed by atoms with E-state index in [4.69, 9.17) is 17.3 Å². The number of halogens is 1. The van der Waals surface area contributed by atoms with Crippen LogP contribution in [-0.4, -0.2) is 0 Å². The molecule has 0 radical (unpaired) electrons. The highest BCUT2D eigenvalue weighted by molar-refractivity contribution is 6.31. The van der Waals surface area contributed by atoms with Gasteiger partial charge in [-0.3, -0.25) is 0 Å². The summed E-state index contributed by atoms with van der Waals surface area (Å²) in [5, 5.41) is 0.847. The Morgan fingerprint density at radius 3 is 2.64 bits per heavy atom. The number of rotatable bonds is 2. The predicted octanol–water partition coefficient (Wildman–Crippen LogP) is 3.24. The molecule has 2 rings (SSSR count). The molecule has 0 spiro atoms. The molecule has 1 aromatic rings. The van der Waals surface area contributed by atoms with Crippen LogP contribution in [0.15, 0.2) is 12.1 Å². The summed E-state index contributed by atoms with van der Waals surface area (Å²) in [6.45, 7) is 2.09. The van der Waals surface area contributed by atoms with Crippen LogP contribution in [0.2, 0.25) is 5.02 Å². The van der Waals surface area contributed by atoms with Gasteiger partial charge in [0.15, 0.2) is 0 Å². The zero-order valence-corrected chi connectivity index (χ0v) is 9.27.